The highest BCUT2D eigenvalue weighted by Gasteiger charge is 2.11. The summed E-state index contributed by atoms with van der Waals surface area (Å²) in [4.78, 5) is 5.87. The number of nitrogens with one attached hydrogen (secondary N) is 1. The lowest BCUT2D eigenvalue weighted by atomic mass is 10.2. The number of aromatic nitrogens is 3. The number of hydrogen-bond donors (Lipinski definition) is 2. The molecule has 2 rings (SSSR count). The molecule has 0 radical (unpaired) electrons. The Balaban J connectivity index is 2.24. The van der Waals surface area contributed by atoms with Crippen molar-refractivity contribution in [1.82, 2.24) is 15.2 Å². The largest absolute Gasteiger partial charge is 0.384 e. The van der Waals surface area contributed by atoms with Crippen molar-refractivity contribution in [3.63, 3.8) is 0 Å². The molecule has 2 aromatic rings. The van der Waals surface area contributed by atoms with E-state index in [4.69, 9.17) is 11.1 Å². The summed E-state index contributed by atoms with van der Waals surface area (Å²) < 4.78 is 0. The summed E-state index contributed by atoms with van der Waals surface area (Å²) in [5.41, 5.74) is 7.21. The monoisotopic (exact) mass is 242 g/mol. The fraction of sp³-hybridized carbons (Fsp3) is 0.167. The standard InChI is InChI=1S/C12H14N6/c1-18(8-9-2-5-15-6-3-9)12-10(11(13)14)4-7-16-17-12/h2-7H,8H2,1H3,(H3,13,14). The van der Waals surface area contributed by atoms with Gasteiger partial charge in [-0.1, -0.05) is 0 Å². The van der Waals surface area contributed by atoms with Crippen molar-refractivity contribution in [2.45, 2.75) is 6.54 Å². The Kier molecular flexibility index (Phi) is 3.47. The maximum absolute atomic E-state index is 7.52. The first-order valence-electron chi connectivity index (χ1n) is 5.44. The molecule has 18 heavy (non-hydrogen) atoms. The van der Waals surface area contributed by atoms with E-state index in [-0.39, 0.29) is 5.84 Å². The summed E-state index contributed by atoms with van der Waals surface area (Å²) in [6.45, 7) is 0.654. The summed E-state index contributed by atoms with van der Waals surface area (Å²) in [5.74, 6) is 0.586. The van der Waals surface area contributed by atoms with Gasteiger partial charge in [0.1, 0.15) is 5.84 Å². The van der Waals surface area contributed by atoms with Gasteiger partial charge in [-0.15, -0.1) is 5.10 Å². The molecule has 0 aliphatic rings. The van der Waals surface area contributed by atoms with Gasteiger partial charge in [-0.25, -0.2) is 0 Å². The number of amidine groups is 1. The van der Waals surface area contributed by atoms with Crippen LogP contribution in [0.4, 0.5) is 5.82 Å². The Bertz CT molecular complexity index is 539. The van der Waals surface area contributed by atoms with E-state index in [0.717, 1.165) is 5.56 Å². The molecule has 0 amide bonds. The summed E-state index contributed by atoms with van der Waals surface area (Å²) in [6.07, 6.45) is 5.01. The van der Waals surface area contributed by atoms with Crippen LogP contribution >= 0.6 is 0 Å². The van der Waals surface area contributed by atoms with Crippen LogP contribution in [0.15, 0.2) is 36.8 Å². The van der Waals surface area contributed by atoms with Crippen molar-refractivity contribution < 1.29 is 0 Å². The van der Waals surface area contributed by atoms with Crippen LogP contribution in [0.3, 0.4) is 0 Å². The smallest absolute Gasteiger partial charge is 0.162 e. The summed E-state index contributed by atoms with van der Waals surface area (Å²) in [7, 11) is 1.89. The topological polar surface area (TPSA) is 91.8 Å². The third kappa shape index (κ3) is 2.60. The number of hydrogen-bond acceptors (Lipinski definition) is 5. The van der Waals surface area contributed by atoms with Crippen molar-refractivity contribution >= 4 is 11.7 Å². The minimum Gasteiger partial charge on any atom is -0.384 e. The minimum absolute atomic E-state index is 0.0125. The molecule has 0 aliphatic heterocycles. The maximum Gasteiger partial charge on any atom is 0.162 e. The van der Waals surface area contributed by atoms with Crippen LogP contribution in [0.2, 0.25) is 0 Å². The second-order valence-corrected chi connectivity index (χ2v) is 3.89. The van der Waals surface area contributed by atoms with Gasteiger partial charge < -0.3 is 10.6 Å². The van der Waals surface area contributed by atoms with Gasteiger partial charge in [0.25, 0.3) is 0 Å². The third-order valence-electron chi connectivity index (χ3n) is 2.52. The summed E-state index contributed by atoms with van der Waals surface area (Å²) in [5, 5.41) is 15.4. The molecule has 6 nitrogen and oxygen atoms in total. The van der Waals surface area contributed by atoms with Crippen LogP contribution in [0, 0.1) is 5.41 Å². The van der Waals surface area contributed by atoms with Crippen LogP contribution < -0.4 is 10.6 Å². The van der Waals surface area contributed by atoms with Gasteiger partial charge in [0.05, 0.1) is 11.8 Å². The van der Waals surface area contributed by atoms with E-state index < -0.39 is 0 Å². The number of anilines is 1. The Morgan fingerprint density at radius 1 is 1.28 bits per heavy atom. The second kappa shape index (κ2) is 5.22. The SMILES string of the molecule is CN(Cc1ccncc1)c1nnccc1C(=N)N. The third-order valence-corrected chi connectivity index (χ3v) is 2.52. The van der Waals surface area contributed by atoms with E-state index in [1.54, 1.807) is 18.5 Å². The van der Waals surface area contributed by atoms with Gasteiger partial charge in [0.15, 0.2) is 5.82 Å². The molecule has 0 saturated heterocycles. The Hall–Kier alpha value is -2.50. The van der Waals surface area contributed by atoms with Gasteiger partial charge >= 0.3 is 0 Å². The number of nitrogens with zero attached hydrogens (tertiary/aromatic N) is 4. The van der Waals surface area contributed by atoms with E-state index in [9.17, 15) is 0 Å². The quantitative estimate of drug-likeness (QED) is 0.611. The highest BCUT2D eigenvalue weighted by Crippen LogP contribution is 2.16. The molecule has 92 valence electrons. The van der Waals surface area contributed by atoms with Crippen molar-refractivity contribution in [3.05, 3.63) is 47.9 Å². The van der Waals surface area contributed by atoms with Gasteiger partial charge in [-0.05, 0) is 23.8 Å². The predicted molar refractivity (Wildman–Crippen MR) is 69.4 cm³/mol. The molecule has 0 bridgehead atoms. The zero-order valence-electron chi connectivity index (χ0n) is 10.0. The van der Waals surface area contributed by atoms with Gasteiger partial charge in [0.2, 0.25) is 0 Å². The van der Waals surface area contributed by atoms with Gasteiger partial charge in [-0.2, -0.15) is 5.10 Å². The van der Waals surface area contributed by atoms with E-state index in [1.807, 2.05) is 24.1 Å². The molecule has 0 unspecified atom stereocenters. The maximum atomic E-state index is 7.52. The Labute approximate surface area is 105 Å². The van der Waals surface area contributed by atoms with E-state index in [1.165, 1.54) is 6.20 Å². The Morgan fingerprint density at radius 3 is 2.67 bits per heavy atom. The number of nitrogens with two attached hydrogens (primary N) is 1. The van der Waals surface area contributed by atoms with Crippen molar-refractivity contribution in [2.75, 3.05) is 11.9 Å². The van der Waals surface area contributed by atoms with Crippen LogP contribution in [-0.2, 0) is 6.54 Å². The average Bonchev–Trinajstić information content (AvgIpc) is 2.40. The molecule has 0 fully saturated rings. The van der Waals surface area contributed by atoms with E-state index >= 15 is 0 Å². The normalized spacial score (nSPS) is 10.1. The molecule has 3 N–H and O–H groups in total. The molecule has 2 heterocycles. The zero-order valence-corrected chi connectivity index (χ0v) is 10.0. The molecule has 0 aliphatic carbocycles. The van der Waals surface area contributed by atoms with Crippen molar-refractivity contribution in [2.24, 2.45) is 5.73 Å². The average molecular weight is 242 g/mol. The molecular formula is C12H14N6. The molecule has 0 spiro atoms. The molecule has 0 aromatic carbocycles. The fourth-order valence-corrected chi connectivity index (χ4v) is 1.65. The number of rotatable bonds is 4. The fourth-order valence-electron chi connectivity index (χ4n) is 1.65. The van der Waals surface area contributed by atoms with Crippen LogP contribution in [0.1, 0.15) is 11.1 Å². The lowest BCUT2D eigenvalue weighted by molar-refractivity contribution is 0.861. The summed E-state index contributed by atoms with van der Waals surface area (Å²) in [6, 6.07) is 5.55. The van der Waals surface area contributed by atoms with Crippen LogP contribution in [0.25, 0.3) is 0 Å². The van der Waals surface area contributed by atoms with E-state index in [2.05, 4.69) is 15.2 Å². The lowest BCUT2D eigenvalue weighted by Crippen LogP contribution is -2.23. The molecular weight excluding hydrogens is 228 g/mol. The highest BCUT2D eigenvalue weighted by molar-refractivity contribution is 5.99. The number of nitrogen functional groups attached to an aromatic ring is 1. The number of pyridine rings is 1. The van der Waals surface area contributed by atoms with Gasteiger partial charge in [-0.3, -0.25) is 10.4 Å². The van der Waals surface area contributed by atoms with E-state index in [0.29, 0.717) is 17.9 Å². The van der Waals surface area contributed by atoms with Crippen molar-refractivity contribution in [3.8, 4) is 0 Å². The first-order chi connectivity index (χ1) is 8.68. The molecule has 0 atom stereocenters. The Morgan fingerprint density at radius 2 is 2.00 bits per heavy atom. The molecule has 0 saturated carbocycles. The highest BCUT2D eigenvalue weighted by atomic mass is 15.2. The lowest BCUT2D eigenvalue weighted by Gasteiger charge is -2.19. The summed E-state index contributed by atoms with van der Waals surface area (Å²) >= 11 is 0. The molecule has 6 heteroatoms. The minimum atomic E-state index is -0.0125. The van der Waals surface area contributed by atoms with Crippen LogP contribution in [-0.4, -0.2) is 28.1 Å². The predicted octanol–water partition coefficient (Wildman–Crippen LogP) is 0.792. The molecule has 2 aromatic heterocycles. The second-order valence-electron chi connectivity index (χ2n) is 3.89. The first kappa shape index (κ1) is 12.0. The van der Waals surface area contributed by atoms with Crippen molar-refractivity contribution in [1.29, 1.82) is 5.41 Å². The zero-order chi connectivity index (χ0) is 13.0. The van der Waals surface area contributed by atoms with Crippen LogP contribution in [0.5, 0.6) is 0 Å². The van der Waals surface area contributed by atoms with Gasteiger partial charge in [0, 0.05) is 26.0 Å². The first-order valence-corrected chi connectivity index (χ1v) is 5.44.